The van der Waals surface area contributed by atoms with E-state index in [0.29, 0.717) is 31.6 Å². The van der Waals surface area contributed by atoms with E-state index < -0.39 is 17.8 Å². The molecule has 1 aliphatic heterocycles. The molecule has 1 N–H and O–H groups in total. The first-order valence-electron chi connectivity index (χ1n) is 11.1. The number of barbiturate groups is 1. The highest BCUT2D eigenvalue weighted by Gasteiger charge is 2.40. The molecule has 0 atom stereocenters. The van der Waals surface area contributed by atoms with Gasteiger partial charge in [0.2, 0.25) is 0 Å². The number of benzene rings is 2. The molecule has 184 valence electrons. The number of imide groups is 2. The van der Waals surface area contributed by atoms with Crippen LogP contribution in [-0.2, 0) is 16.2 Å². The van der Waals surface area contributed by atoms with E-state index in [1.807, 2.05) is 0 Å². The Morgan fingerprint density at radius 3 is 2.54 bits per heavy atom. The molecule has 4 amide bonds. The number of hydrogen-bond acceptors (Lipinski definition) is 5. The van der Waals surface area contributed by atoms with Gasteiger partial charge in [0.05, 0.1) is 11.6 Å². The Kier molecular flexibility index (Phi) is 8.04. The summed E-state index contributed by atoms with van der Waals surface area (Å²) in [6.07, 6.45) is 5.90. The van der Waals surface area contributed by atoms with Gasteiger partial charge < -0.3 is 9.47 Å². The largest absolute Gasteiger partial charge is 0.493 e. The van der Waals surface area contributed by atoms with Gasteiger partial charge in [0.15, 0.2) is 11.5 Å². The van der Waals surface area contributed by atoms with Crippen LogP contribution in [0, 0.1) is 0 Å². The van der Waals surface area contributed by atoms with Gasteiger partial charge >= 0.3 is 6.03 Å². The van der Waals surface area contributed by atoms with Crippen molar-refractivity contribution >= 4 is 63.1 Å². The summed E-state index contributed by atoms with van der Waals surface area (Å²) >= 11 is 15.7. The molecule has 2 fully saturated rings. The van der Waals surface area contributed by atoms with E-state index in [1.54, 1.807) is 30.3 Å². The number of urea groups is 1. The number of ether oxygens (including phenoxy) is 2. The molecule has 1 saturated carbocycles. The minimum atomic E-state index is -0.722. The minimum Gasteiger partial charge on any atom is -0.493 e. The molecule has 0 spiro atoms. The van der Waals surface area contributed by atoms with Gasteiger partial charge in [-0.25, -0.2) is 4.79 Å². The normalized spacial score (nSPS) is 18.1. The lowest BCUT2D eigenvalue weighted by Crippen LogP contribution is -2.58. The number of nitrogens with one attached hydrogen (secondary N) is 1. The molecule has 7 nitrogen and oxygen atoms in total. The van der Waals surface area contributed by atoms with Crippen LogP contribution in [0.4, 0.5) is 4.79 Å². The molecule has 0 bridgehead atoms. The maximum atomic E-state index is 13.2. The van der Waals surface area contributed by atoms with Crippen LogP contribution in [0.3, 0.4) is 0 Å². The number of carbonyl (C=O) groups is 3. The summed E-state index contributed by atoms with van der Waals surface area (Å²) in [6, 6.07) is 7.63. The summed E-state index contributed by atoms with van der Waals surface area (Å²) in [5.41, 5.74) is 1.17. The van der Waals surface area contributed by atoms with Crippen molar-refractivity contribution < 1.29 is 23.9 Å². The molecular weight excluding hydrogens is 559 g/mol. The fraction of sp³-hybridized carbons (Fsp3) is 0.320. The number of methoxy groups -OCH3 is 1. The van der Waals surface area contributed by atoms with Gasteiger partial charge in [0, 0.05) is 21.7 Å². The van der Waals surface area contributed by atoms with Crippen LogP contribution in [0.15, 0.2) is 40.4 Å². The van der Waals surface area contributed by atoms with Crippen molar-refractivity contribution in [2.45, 2.75) is 44.8 Å². The number of carbonyl (C=O) groups excluding carboxylic acids is 3. The Bertz CT molecular complexity index is 1210. The van der Waals surface area contributed by atoms with E-state index in [9.17, 15) is 14.4 Å². The Morgan fingerprint density at radius 2 is 1.86 bits per heavy atom. The highest BCUT2D eigenvalue weighted by Crippen LogP contribution is 2.38. The van der Waals surface area contributed by atoms with E-state index in [-0.39, 0.29) is 18.2 Å². The molecule has 1 aliphatic carbocycles. The third-order valence-corrected chi connectivity index (χ3v) is 7.20. The van der Waals surface area contributed by atoms with E-state index in [4.69, 9.17) is 32.7 Å². The number of hydrogen-bond donors (Lipinski definition) is 1. The van der Waals surface area contributed by atoms with E-state index in [0.717, 1.165) is 37.7 Å². The third-order valence-electron chi connectivity index (χ3n) is 6.02. The lowest BCUT2D eigenvalue weighted by molar-refractivity contribution is -0.132. The fourth-order valence-electron chi connectivity index (χ4n) is 4.26. The Balaban J connectivity index is 1.60. The van der Waals surface area contributed by atoms with E-state index in [1.165, 1.54) is 18.1 Å². The second-order valence-electron chi connectivity index (χ2n) is 8.34. The van der Waals surface area contributed by atoms with Gasteiger partial charge in [0.25, 0.3) is 11.8 Å². The summed E-state index contributed by atoms with van der Waals surface area (Å²) in [5.74, 6) is -0.488. The molecule has 2 aromatic rings. The van der Waals surface area contributed by atoms with Gasteiger partial charge in [-0.2, -0.15) is 0 Å². The van der Waals surface area contributed by atoms with E-state index >= 15 is 0 Å². The van der Waals surface area contributed by atoms with Gasteiger partial charge in [0.1, 0.15) is 12.2 Å². The molecule has 0 radical (unpaired) electrons. The molecule has 0 unspecified atom stereocenters. The summed E-state index contributed by atoms with van der Waals surface area (Å²) in [4.78, 5) is 39.3. The van der Waals surface area contributed by atoms with Crippen molar-refractivity contribution in [1.29, 1.82) is 0 Å². The zero-order valence-corrected chi connectivity index (χ0v) is 22.0. The highest BCUT2D eigenvalue weighted by atomic mass is 79.9. The lowest BCUT2D eigenvalue weighted by Gasteiger charge is -2.35. The monoisotopic (exact) mass is 580 g/mol. The number of rotatable bonds is 6. The SMILES string of the molecule is COc1cc(C=C2C(=O)NC(=O)N(C3CCCCC3)C2=O)cc(Br)c1OCc1ccc(Cl)cc1Cl. The molecule has 1 heterocycles. The number of amides is 4. The maximum Gasteiger partial charge on any atom is 0.331 e. The van der Waals surface area contributed by atoms with Crippen LogP contribution < -0.4 is 14.8 Å². The van der Waals surface area contributed by atoms with Crippen molar-refractivity contribution in [1.82, 2.24) is 10.2 Å². The predicted molar refractivity (Wildman–Crippen MR) is 137 cm³/mol. The molecule has 35 heavy (non-hydrogen) atoms. The van der Waals surface area contributed by atoms with Crippen LogP contribution in [0.1, 0.15) is 43.2 Å². The molecule has 2 aromatic carbocycles. The van der Waals surface area contributed by atoms with Crippen LogP contribution in [0.5, 0.6) is 11.5 Å². The lowest BCUT2D eigenvalue weighted by atomic mass is 9.93. The Hall–Kier alpha value is -2.55. The zero-order chi connectivity index (χ0) is 25.1. The average Bonchev–Trinajstić information content (AvgIpc) is 2.82. The standard InChI is InChI=1S/C25H23BrCl2N2O5/c1-34-21-11-14(10-19(26)22(21)35-13-15-7-8-16(27)12-20(15)28)9-18-23(31)29-25(33)30(24(18)32)17-5-3-2-4-6-17/h7-12,17H,2-6,13H2,1H3,(H,29,31,33). The molecule has 2 aliphatic rings. The van der Waals surface area contributed by atoms with Crippen molar-refractivity contribution in [3.63, 3.8) is 0 Å². The molecule has 10 heteroatoms. The number of halogens is 3. The first-order chi connectivity index (χ1) is 16.8. The first-order valence-corrected chi connectivity index (χ1v) is 12.7. The van der Waals surface area contributed by atoms with Crippen LogP contribution in [0.2, 0.25) is 10.0 Å². The maximum absolute atomic E-state index is 13.2. The van der Waals surface area contributed by atoms with Crippen molar-refractivity contribution in [3.05, 3.63) is 61.5 Å². The van der Waals surface area contributed by atoms with Gasteiger partial charge in [-0.05, 0) is 64.7 Å². The second-order valence-corrected chi connectivity index (χ2v) is 10.0. The van der Waals surface area contributed by atoms with Crippen molar-refractivity contribution in [2.75, 3.05) is 7.11 Å². The second kappa shape index (κ2) is 11.0. The molecule has 1 saturated heterocycles. The van der Waals surface area contributed by atoms with Crippen LogP contribution in [-0.4, -0.2) is 35.9 Å². The predicted octanol–water partition coefficient (Wildman–Crippen LogP) is 6.14. The van der Waals surface area contributed by atoms with Gasteiger partial charge in [-0.1, -0.05) is 48.5 Å². The topological polar surface area (TPSA) is 84.9 Å². The summed E-state index contributed by atoms with van der Waals surface area (Å²) in [5, 5.41) is 3.31. The van der Waals surface area contributed by atoms with Crippen LogP contribution >= 0.6 is 39.1 Å². The Morgan fingerprint density at radius 1 is 1.11 bits per heavy atom. The summed E-state index contributed by atoms with van der Waals surface area (Å²) < 4.78 is 12.0. The molecule has 0 aromatic heterocycles. The van der Waals surface area contributed by atoms with Gasteiger partial charge in [-0.15, -0.1) is 0 Å². The van der Waals surface area contributed by atoms with Crippen molar-refractivity contribution in [2.24, 2.45) is 0 Å². The number of nitrogens with zero attached hydrogens (tertiary/aromatic N) is 1. The summed E-state index contributed by atoms with van der Waals surface area (Å²) in [7, 11) is 1.49. The molecular formula is C25H23BrCl2N2O5. The van der Waals surface area contributed by atoms with Gasteiger partial charge in [-0.3, -0.25) is 19.8 Å². The molecule has 4 rings (SSSR count). The van der Waals surface area contributed by atoms with Crippen LogP contribution in [0.25, 0.3) is 6.08 Å². The van der Waals surface area contributed by atoms with Crippen molar-refractivity contribution in [3.8, 4) is 11.5 Å². The zero-order valence-electron chi connectivity index (χ0n) is 18.9. The quantitative estimate of drug-likeness (QED) is 0.327. The smallest absolute Gasteiger partial charge is 0.331 e. The first kappa shape index (κ1) is 25.5. The average molecular weight is 582 g/mol. The third kappa shape index (κ3) is 5.66. The fourth-order valence-corrected chi connectivity index (χ4v) is 5.30. The summed E-state index contributed by atoms with van der Waals surface area (Å²) in [6.45, 7) is 0.171. The Labute approximate surface area is 221 Å². The highest BCUT2D eigenvalue weighted by molar-refractivity contribution is 9.10. The minimum absolute atomic E-state index is 0.106. The van der Waals surface area contributed by atoms with E-state index in [2.05, 4.69) is 21.2 Å².